The Labute approximate surface area is 553 Å². The van der Waals surface area contributed by atoms with Gasteiger partial charge in [-0.15, -0.1) is 0 Å². The molecule has 7 aromatic carbocycles. The molecular formula is C88H124. The van der Waals surface area contributed by atoms with E-state index in [0.717, 1.165) is 42.4 Å². The van der Waals surface area contributed by atoms with Gasteiger partial charge in [0.1, 0.15) is 0 Å². The number of aryl methyl sites for hydroxylation is 14. The van der Waals surface area contributed by atoms with Crippen molar-refractivity contribution in [2.24, 2.45) is 37.9 Å². The summed E-state index contributed by atoms with van der Waals surface area (Å²) in [5.41, 5.74) is 24.8. The molecule has 0 N–H and O–H groups in total. The Kier molecular flexibility index (Phi) is 19.1. The van der Waals surface area contributed by atoms with Gasteiger partial charge in [-0.05, 0) is 297 Å². The molecular weight excluding hydrogens is 1060 g/mol. The van der Waals surface area contributed by atoms with Gasteiger partial charge < -0.3 is 0 Å². The summed E-state index contributed by atoms with van der Waals surface area (Å²) in [6, 6.07) is 43.7. The molecule has 476 valence electrons. The lowest BCUT2D eigenvalue weighted by Gasteiger charge is -2.56. The molecule has 3 aliphatic carbocycles. The molecule has 0 saturated heterocycles. The summed E-state index contributed by atoms with van der Waals surface area (Å²) in [5.74, 6) is -0.372. The van der Waals surface area contributed by atoms with Crippen molar-refractivity contribution in [2.75, 3.05) is 0 Å². The zero-order chi connectivity index (χ0) is 72.7. The van der Waals surface area contributed by atoms with E-state index in [0.29, 0.717) is 27.7 Å². The monoisotopic (exact) mass is 1190 g/mol. The van der Waals surface area contributed by atoms with Crippen molar-refractivity contribution in [3.63, 3.8) is 0 Å². The highest BCUT2D eigenvalue weighted by Crippen LogP contribution is 2.62. The third kappa shape index (κ3) is 17.7. The van der Waals surface area contributed by atoms with E-state index in [-0.39, 0.29) is 32.8 Å². The van der Waals surface area contributed by atoms with Crippen molar-refractivity contribution in [1.29, 1.82) is 0 Å². The first kappa shape index (κ1) is 60.1. The Morgan fingerprint density at radius 3 is 1.00 bits per heavy atom. The van der Waals surface area contributed by atoms with Gasteiger partial charge in [0.15, 0.2) is 0 Å². The van der Waals surface area contributed by atoms with Gasteiger partial charge >= 0.3 is 0 Å². The minimum absolute atomic E-state index is 0.0243. The molecule has 0 spiro atoms. The molecule has 3 fully saturated rings. The third-order valence-corrected chi connectivity index (χ3v) is 20.8. The molecule has 0 atom stereocenters. The van der Waals surface area contributed by atoms with E-state index in [4.69, 9.17) is 8.22 Å². The third-order valence-electron chi connectivity index (χ3n) is 20.8. The average Bonchev–Trinajstić information content (AvgIpc) is 0.720. The first-order valence-electron chi connectivity index (χ1n) is 37.4. The van der Waals surface area contributed by atoms with E-state index in [1.165, 1.54) is 116 Å². The standard InChI is InChI=1S/C20H32.2C18H28.2C16H18/c1-14-9-10-16(11-15(14)2)17-19(5,6)12-18(3,4)13-20(17,7)8;2*1-13-8-9-15(12-14(13)2)16-17(3,4)10-7-11-18(16,5)6;2*1-11-5-8-16(14(4)9-11)15-7-6-12(2)13(3)10-15/h9-11,17H,12-13H2,1-8H3;2*8-9,12,16H,7,10-11H2,1-6H3;2*5-10H,1-4H3/i17D;16D;;1D3,4D3;. The van der Waals surface area contributed by atoms with Gasteiger partial charge in [0.2, 0.25) is 0 Å². The minimum Gasteiger partial charge on any atom is -0.0599 e. The molecule has 0 amide bonds. The van der Waals surface area contributed by atoms with E-state index in [2.05, 4.69) is 257 Å². The van der Waals surface area contributed by atoms with Crippen LogP contribution in [0.3, 0.4) is 0 Å². The fraction of sp³-hybridized carbons (Fsp3) is 0.523. The highest BCUT2D eigenvalue weighted by molar-refractivity contribution is 5.69. The van der Waals surface area contributed by atoms with Crippen LogP contribution in [0.25, 0.3) is 22.3 Å². The highest BCUT2D eigenvalue weighted by atomic mass is 14.6. The van der Waals surface area contributed by atoms with Crippen molar-refractivity contribution in [1.82, 2.24) is 0 Å². The smallest absolute Gasteiger partial charge is 0.0363 e. The summed E-state index contributed by atoms with van der Waals surface area (Å²) in [4.78, 5) is 0. The topological polar surface area (TPSA) is 0 Å². The Balaban J connectivity index is 0.000000190. The van der Waals surface area contributed by atoms with Gasteiger partial charge in [-0.2, -0.15) is 0 Å². The van der Waals surface area contributed by atoms with Crippen molar-refractivity contribution in [2.45, 2.75) is 263 Å². The maximum Gasteiger partial charge on any atom is 0.0363 e. The van der Waals surface area contributed by atoms with Crippen molar-refractivity contribution in [3.8, 4) is 22.3 Å². The summed E-state index contributed by atoms with van der Waals surface area (Å²) < 4.78 is 64.4. The first-order chi connectivity index (χ1) is 43.8. The quantitative estimate of drug-likeness (QED) is 0.161. The molecule has 0 heterocycles. The van der Waals surface area contributed by atoms with Crippen LogP contribution in [-0.4, -0.2) is 0 Å². The molecule has 88 heavy (non-hydrogen) atoms. The molecule has 3 aliphatic rings. The fourth-order valence-electron chi connectivity index (χ4n) is 17.0. The van der Waals surface area contributed by atoms with E-state index >= 15 is 0 Å². The molecule has 0 radical (unpaired) electrons. The summed E-state index contributed by atoms with van der Waals surface area (Å²) in [6.07, 6.45) is 9.81. The largest absolute Gasteiger partial charge is 0.0599 e. The summed E-state index contributed by atoms with van der Waals surface area (Å²) in [6.45, 7) is 53.7. The van der Waals surface area contributed by atoms with Crippen LogP contribution in [0, 0.1) is 135 Å². The summed E-state index contributed by atoms with van der Waals surface area (Å²) in [7, 11) is 0. The molecule has 0 bridgehead atoms. The lowest BCUT2D eigenvalue weighted by atomic mass is 9.49. The zero-order valence-corrected chi connectivity index (χ0v) is 60.4. The summed E-state index contributed by atoms with van der Waals surface area (Å²) in [5, 5.41) is 0. The normalized spacial score (nSPS) is 21.2. The van der Waals surface area contributed by atoms with Gasteiger partial charge in [0.25, 0.3) is 0 Å². The van der Waals surface area contributed by atoms with Crippen LogP contribution >= 0.6 is 0 Å². The number of hydrogen-bond donors (Lipinski definition) is 0. The fourth-order valence-corrected chi connectivity index (χ4v) is 17.0. The maximum absolute atomic E-state index is 9.51. The number of hydrogen-bond acceptors (Lipinski definition) is 0. The second-order valence-corrected chi connectivity index (χ2v) is 32.5. The van der Waals surface area contributed by atoms with Crippen LogP contribution in [0.15, 0.2) is 127 Å². The minimum atomic E-state index is -2.37. The summed E-state index contributed by atoms with van der Waals surface area (Å²) >= 11 is 0. The van der Waals surface area contributed by atoms with Crippen LogP contribution in [0.2, 0.25) is 0 Å². The Morgan fingerprint density at radius 2 is 0.625 bits per heavy atom. The average molecular weight is 1190 g/mol. The van der Waals surface area contributed by atoms with Crippen LogP contribution in [-0.2, 0) is 0 Å². The Bertz CT molecular complexity index is 3800. The van der Waals surface area contributed by atoms with Gasteiger partial charge in [0, 0.05) is 11.0 Å². The molecule has 0 aromatic heterocycles. The van der Waals surface area contributed by atoms with Crippen LogP contribution in [0.1, 0.15) is 272 Å². The second kappa shape index (κ2) is 28.0. The molecule has 7 aromatic rings. The van der Waals surface area contributed by atoms with E-state index in [9.17, 15) is 2.74 Å². The predicted molar refractivity (Wildman–Crippen MR) is 391 cm³/mol. The van der Waals surface area contributed by atoms with Gasteiger partial charge in [-0.1, -0.05) is 248 Å². The van der Waals surface area contributed by atoms with Crippen molar-refractivity contribution in [3.05, 3.63) is 222 Å². The number of rotatable bonds is 5. The lowest BCUT2D eigenvalue weighted by Crippen LogP contribution is -2.45. The van der Waals surface area contributed by atoms with Crippen LogP contribution in [0.5, 0.6) is 0 Å². The predicted octanol–water partition coefficient (Wildman–Crippen LogP) is 26.7. The highest BCUT2D eigenvalue weighted by Gasteiger charge is 2.51. The van der Waals surface area contributed by atoms with E-state index in [1.54, 1.807) is 11.6 Å². The maximum atomic E-state index is 9.51. The molecule has 0 aliphatic heterocycles. The van der Waals surface area contributed by atoms with E-state index < -0.39 is 25.5 Å². The van der Waals surface area contributed by atoms with Gasteiger partial charge in [0.05, 0.1) is 0 Å². The molecule has 10 rings (SSSR count). The number of benzene rings is 7. The van der Waals surface area contributed by atoms with Crippen molar-refractivity contribution < 1.29 is 11.0 Å². The van der Waals surface area contributed by atoms with Gasteiger partial charge in [-0.25, -0.2) is 0 Å². The first-order valence-corrected chi connectivity index (χ1v) is 33.4. The lowest BCUT2D eigenvalue weighted by molar-refractivity contribution is -0.00955. The second-order valence-electron chi connectivity index (χ2n) is 32.5. The molecule has 0 unspecified atom stereocenters. The molecule has 0 nitrogen and oxygen atoms in total. The van der Waals surface area contributed by atoms with Crippen LogP contribution in [0.4, 0.5) is 0 Å². The zero-order valence-electron chi connectivity index (χ0n) is 68.4. The van der Waals surface area contributed by atoms with Crippen LogP contribution < -0.4 is 0 Å². The molecule has 0 heteroatoms. The van der Waals surface area contributed by atoms with Gasteiger partial charge in [-0.3, -0.25) is 0 Å². The SMILES string of the molecule is Cc1ccc(-c2ccc(C)c(C)c2)c(C)c1.Cc1ccc(C2C(C)(C)CCCC2(C)C)cc1C.[2H]C([2H])([2H])c1ccc(-c2ccc(C)c(C)c2)c(C([2H])([2H])[2H])c1.[2H]C1(c2ccc(C)c(C)c2)C(C)(C)CC(C)(C)CC1(C)C.[2H]C1(c2ccc(C)c(C)c2)C(C)(C)CCCC1(C)C. The van der Waals surface area contributed by atoms with Crippen molar-refractivity contribution >= 4 is 0 Å². The molecule has 3 saturated carbocycles. The Morgan fingerprint density at radius 1 is 0.295 bits per heavy atom. The van der Waals surface area contributed by atoms with E-state index in [1.807, 2.05) is 32.0 Å². The Hall–Kier alpha value is -5.46.